The Morgan fingerprint density at radius 1 is 1.82 bits per heavy atom. The van der Waals surface area contributed by atoms with Crippen LogP contribution >= 0.6 is 0 Å². The predicted molar refractivity (Wildman–Crippen MR) is 43.3 cm³/mol. The second-order valence-corrected chi connectivity index (χ2v) is 3.31. The fourth-order valence-electron chi connectivity index (χ4n) is 1.84. The summed E-state index contributed by atoms with van der Waals surface area (Å²) in [6.07, 6.45) is 4.21. The van der Waals surface area contributed by atoms with Crippen molar-refractivity contribution < 1.29 is 0 Å². The first-order chi connectivity index (χ1) is 5.29. The van der Waals surface area contributed by atoms with Crippen LogP contribution in [0.1, 0.15) is 30.5 Å². The van der Waals surface area contributed by atoms with E-state index in [2.05, 4.69) is 17.1 Å². The summed E-state index contributed by atoms with van der Waals surface area (Å²) in [4.78, 5) is 0. The van der Waals surface area contributed by atoms with Crippen molar-refractivity contribution in [2.24, 2.45) is 5.73 Å². The Labute approximate surface area is 66.0 Å². The molecule has 1 aliphatic rings. The molecule has 0 aliphatic heterocycles. The third-order valence-corrected chi connectivity index (χ3v) is 2.49. The largest absolute Gasteiger partial charge is 0.327 e. The second-order valence-electron chi connectivity index (χ2n) is 3.31. The van der Waals surface area contributed by atoms with E-state index in [1.807, 2.05) is 6.20 Å². The van der Waals surface area contributed by atoms with Gasteiger partial charge in [0.1, 0.15) is 0 Å². The van der Waals surface area contributed by atoms with Crippen molar-refractivity contribution in [3.8, 4) is 0 Å². The number of aromatic amines is 1. The molecule has 3 heteroatoms. The highest BCUT2D eigenvalue weighted by Crippen LogP contribution is 2.32. The van der Waals surface area contributed by atoms with Crippen LogP contribution in [0.2, 0.25) is 0 Å². The van der Waals surface area contributed by atoms with E-state index in [9.17, 15) is 0 Å². The Morgan fingerprint density at radius 2 is 2.64 bits per heavy atom. The number of nitrogens with one attached hydrogen (secondary N) is 1. The zero-order chi connectivity index (χ0) is 7.84. The molecule has 3 nitrogen and oxygen atoms in total. The third-order valence-electron chi connectivity index (χ3n) is 2.49. The lowest BCUT2D eigenvalue weighted by atomic mass is 9.97. The third kappa shape index (κ3) is 0.959. The molecule has 2 atom stereocenters. The van der Waals surface area contributed by atoms with Crippen molar-refractivity contribution >= 4 is 0 Å². The van der Waals surface area contributed by atoms with Gasteiger partial charge in [-0.2, -0.15) is 5.10 Å². The van der Waals surface area contributed by atoms with Crippen LogP contribution in [-0.4, -0.2) is 16.2 Å². The molecule has 1 aromatic heterocycles. The number of H-pyrrole nitrogens is 1. The molecule has 3 N–H and O–H groups in total. The van der Waals surface area contributed by atoms with Gasteiger partial charge in [-0.15, -0.1) is 0 Å². The van der Waals surface area contributed by atoms with Gasteiger partial charge in [-0.25, -0.2) is 0 Å². The van der Waals surface area contributed by atoms with Crippen LogP contribution in [0.25, 0.3) is 0 Å². The smallest absolute Gasteiger partial charge is 0.0525 e. The Balaban J connectivity index is 2.31. The molecule has 0 amide bonds. The lowest BCUT2D eigenvalue weighted by Gasteiger charge is -2.12. The van der Waals surface area contributed by atoms with E-state index < -0.39 is 0 Å². The molecule has 0 saturated heterocycles. The van der Waals surface area contributed by atoms with Gasteiger partial charge in [0.05, 0.1) is 6.20 Å². The Kier molecular flexibility index (Phi) is 1.46. The molecule has 1 heterocycles. The first kappa shape index (κ1) is 6.85. The summed E-state index contributed by atoms with van der Waals surface area (Å²) in [5.41, 5.74) is 8.45. The zero-order valence-electron chi connectivity index (χ0n) is 6.67. The number of aromatic nitrogens is 2. The van der Waals surface area contributed by atoms with Gasteiger partial charge in [-0.1, -0.05) is 0 Å². The molecule has 0 bridgehead atoms. The van der Waals surface area contributed by atoms with Crippen LogP contribution in [0.4, 0.5) is 0 Å². The molecule has 60 valence electrons. The second kappa shape index (κ2) is 2.34. The fourth-order valence-corrected chi connectivity index (χ4v) is 1.84. The van der Waals surface area contributed by atoms with Crippen molar-refractivity contribution in [1.29, 1.82) is 0 Å². The lowest BCUT2D eigenvalue weighted by molar-refractivity contribution is 0.562. The van der Waals surface area contributed by atoms with Crippen molar-refractivity contribution in [1.82, 2.24) is 10.2 Å². The Morgan fingerprint density at radius 3 is 3.36 bits per heavy atom. The van der Waals surface area contributed by atoms with Crippen LogP contribution in [-0.2, 0) is 6.42 Å². The van der Waals surface area contributed by atoms with Crippen LogP contribution in [0.5, 0.6) is 0 Å². The highest BCUT2D eigenvalue weighted by atomic mass is 15.1. The van der Waals surface area contributed by atoms with Gasteiger partial charge in [-0.3, -0.25) is 5.10 Å². The lowest BCUT2D eigenvalue weighted by Crippen LogP contribution is -2.22. The summed E-state index contributed by atoms with van der Waals surface area (Å²) in [5, 5.41) is 6.99. The van der Waals surface area contributed by atoms with E-state index in [-0.39, 0.29) is 6.04 Å². The summed E-state index contributed by atoms with van der Waals surface area (Å²) < 4.78 is 0. The van der Waals surface area contributed by atoms with Crippen molar-refractivity contribution in [3.63, 3.8) is 0 Å². The fraction of sp³-hybridized carbons (Fsp3) is 0.625. The van der Waals surface area contributed by atoms with E-state index in [0.29, 0.717) is 5.92 Å². The molecule has 2 rings (SSSR count). The molecular formula is C8H13N3. The number of hydrogen-bond acceptors (Lipinski definition) is 2. The normalized spacial score (nSPS) is 25.1. The van der Waals surface area contributed by atoms with Gasteiger partial charge in [0.25, 0.3) is 0 Å². The Bertz CT molecular complexity index is 252. The molecule has 1 aliphatic carbocycles. The average Bonchev–Trinajstić information content (AvgIpc) is 2.41. The summed E-state index contributed by atoms with van der Waals surface area (Å²) in [6.45, 7) is 2.06. The van der Waals surface area contributed by atoms with Gasteiger partial charge < -0.3 is 5.73 Å². The number of rotatable bonds is 1. The van der Waals surface area contributed by atoms with E-state index in [1.54, 1.807) is 0 Å². The van der Waals surface area contributed by atoms with Crippen molar-refractivity contribution in [2.75, 3.05) is 0 Å². The molecule has 0 saturated carbocycles. The minimum absolute atomic E-state index is 0.258. The number of fused-ring (bicyclic) bond motifs is 1. The molecular weight excluding hydrogens is 138 g/mol. The minimum atomic E-state index is 0.258. The summed E-state index contributed by atoms with van der Waals surface area (Å²) in [7, 11) is 0. The monoisotopic (exact) mass is 151 g/mol. The molecule has 0 radical (unpaired) electrons. The van der Waals surface area contributed by atoms with Crippen LogP contribution in [0, 0.1) is 0 Å². The Hall–Kier alpha value is -0.830. The first-order valence-corrected chi connectivity index (χ1v) is 4.06. The number of nitrogens with two attached hydrogens (primary N) is 1. The predicted octanol–water partition coefficient (Wildman–Crippen LogP) is 0.787. The minimum Gasteiger partial charge on any atom is -0.327 e. The van der Waals surface area contributed by atoms with Crippen molar-refractivity contribution in [2.45, 2.75) is 31.7 Å². The summed E-state index contributed by atoms with van der Waals surface area (Å²) in [5.74, 6) is 0.531. The highest BCUT2D eigenvalue weighted by Gasteiger charge is 2.26. The highest BCUT2D eigenvalue weighted by molar-refractivity contribution is 5.28. The maximum absolute atomic E-state index is 5.83. The van der Waals surface area contributed by atoms with Crippen LogP contribution in [0.15, 0.2) is 6.20 Å². The molecule has 0 aromatic carbocycles. The number of nitrogens with zero attached hydrogens (tertiary/aromatic N) is 1. The molecule has 0 spiro atoms. The molecule has 11 heavy (non-hydrogen) atoms. The standard InChI is InChI=1S/C8H13N3/c1-5(9)6-2-3-8-7(6)4-10-11-8/h4-6H,2-3,9H2,1H3,(H,10,11). The van der Waals surface area contributed by atoms with E-state index in [1.165, 1.54) is 17.7 Å². The van der Waals surface area contributed by atoms with Crippen LogP contribution in [0.3, 0.4) is 0 Å². The van der Waals surface area contributed by atoms with Gasteiger partial charge in [0, 0.05) is 17.7 Å². The van der Waals surface area contributed by atoms with Gasteiger partial charge in [-0.05, 0) is 25.3 Å². The quantitative estimate of drug-likeness (QED) is 0.623. The van der Waals surface area contributed by atoms with Crippen LogP contribution < -0.4 is 5.73 Å². The summed E-state index contributed by atoms with van der Waals surface area (Å²) in [6, 6.07) is 0.258. The SMILES string of the molecule is CC(N)C1CCc2[nH]ncc21. The summed E-state index contributed by atoms with van der Waals surface area (Å²) >= 11 is 0. The van der Waals surface area contributed by atoms with E-state index in [0.717, 1.165) is 6.42 Å². The van der Waals surface area contributed by atoms with E-state index >= 15 is 0 Å². The maximum Gasteiger partial charge on any atom is 0.0525 e. The molecule has 0 fully saturated rings. The van der Waals surface area contributed by atoms with Gasteiger partial charge >= 0.3 is 0 Å². The van der Waals surface area contributed by atoms with Gasteiger partial charge in [0.2, 0.25) is 0 Å². The average molecular weight is 151 g/mol. The number of hydrogen-bond donors (Lipinski definition) is 2. The van der Waals surface area contributed by atoms with E-state index in [4.69, 9.17) is 5.73 Å². The number of aryl methyl sites for hydroxylation is 1. The van der Waals surface area contributed by atoms with Crippen molar-refractivity contribution in [3.05, 3.63) is 17.5 Å². The molecule has 1 aromatic rings. The van der Waals surface area contributed by atoms with Gasteiger partial charge in [0.15, 0.2) is 0 Å². The first-order valence-electron chi connectivity index (χ1n) is 4.06. The maximum atomic E-state index is 5.83. The topological polar surface area (TPSA) is 54.7 Å². The molecule has 2 unspecified atom stereocenters. The zero-order valence-corrected chi connectivity index (χ0v) is 6.67.